The first kappa shape index (κ1) is 17.2. The van der Waals surface area contributed by atoms with Gasteiger partial charge in [-0.2, -0.15) is 0 Å². The number of hydrogen-bond donors (Lipinski definition) is 0. The standard InChI is InChI=1S/C26H15ClN2O/c27-17-14-12-16(13-15-17)25-26(29-21-9-3-2-8-20(21)28-25)19-7-5-11-23-24(19)18-6-1-4-10-22(18)30-23/h1-15H. The fraction of sp³-hybridized carbons (Fsp3) is 0. The summed E-state index contributed by atoms with van der Waals surface area (Å²) in [5, 5.41) is 2.81. The van der Waals surface area contributed by atoms with Crippen LogP contribution in [-0.4, -0.2) is 9.97 Å². The molecular weight excluding hydrogens is 392 g/mol. The van der Waals surface area contributed by atoms with Crippen LogP contribution in [0, 0.1) is 0 Å². The topological polar surface area (TPSA) is 38.9 Å². The molecule has 0 aliphatic carbocycles. The average molecular weight is 407 g/mol. The number of furan rings is 1. The van der Waals surface area contributed by atoms with Gasteiger partial charge in [-0.15, -0.1) is 0 Å². The molecule has 0 radical (unpaired) electrons. The minimum atomic E-state index is 0.692. The quantitative estimate of drug-likeness (QED) is 0.298. The van der Waals surface area contributed by atoms with E-state index >= 15 is 0 Å². The van der Waals surface area contributed by atoms with E-state index in [0.29, 0.717) is 5.02 Å². The van der Waals surface area contributed by atoms with Crippen LogP contribution in [0.4, 0.5) is 0 Å². The normalized spacial score (nSPS) is 11.5. The fourth-order valence-electron chi connectivity index (χ4n) is 3.97. The molecule has 0 spiro atoms. The van der Waals surface area contributed by atoms with Crippen molar-refractivity contribution in [3.8, 4) is 22.5 Å². The Morgan fingerprint density at radius 3 is 2.07 bits per heavy atom. The van der Waals surface area contributed by atoms with E-state index in [0.717, 1.165) is 55.5 Å². The number of rotatable bonds is 2. The summed E-state index contributed by atoms with van der Waals surface area (Å²) in [7, 11) is 0. The van der Waals surface area contributed by atoms with Crippen molar-refractivity contribution in [3.63, 3.8) is 0 Å². The Bertz CT molecular complexity index is 1550. The molecule has 0 aliphatic heterocycles. The van der Waals surface area contributed by atoms with Crippen molar-refractivity contribution in [2.75, 3.05) is 0 Å². The molecule has 0 bridgehead atoms. The third-order valence-corrected chi connectivity index (χ3v) is 5.60. The molecule has 0 saturated carbocycles. The highest BCUT2D eigenvalue weighted by Gasteiger charge is 2.18. The molecule has 6 aromatic rings. The minimum Gasteiger partial charge on any atom is -0.456 e. The van der Waals surface area contributed by atoms with Gasteiger partial charge in [-0.05, 0) is 36.4 Å². The molecule has 0 saturated heterocycles. The van der Waals surface area contributed by atoms with E-state index in [1.807, 2.05) is 78.9 Å². The van der Waals surface area contributed by atoms with Crippen molar-refractivity contribution in [2.24, 2.45) is 0 Å². The summed E-state index contributed by atoms with van der Waals surface area (Å²) in [6.07, 6.45) is 0. The van der Waals surface area contributed by atoms with Gasteiger partial charge in [-0.25, -0.2) is 9.97 Å². The van der Waals surface area contributed by atoms with Crippen LogP contribution in [0.5, 0.6) is 0 Å². The lowest BCUT2D eigenvalue weighted by molar-refractivity contribution is 0.669. The molecule has 0 atom stereocenters. The van der Waals surface area contributed by atoms with Crippen LogP contribution < -0.4 is 0 Å². The van der Waals surface area contributed by atoms with Crippen LogP contribution in [0.3, 0.4) is 0 Å². The molecule has 30 heavy (non-hydrogen) atoms. The van der Waals surface area contributed by atoms with Gasteiger partial charge in [-0.1, -0.05) is 66.2 Å². The molecule has 0 fully saturated rings. The molecule has 4 heteroatoms. The van der Waals surface area contributed by atoms with E-state index in [9.17, 15) is 0 Å². The van der Waals surface area contributed by atoms with E-state index in [-0.39, 0.29) is 0 Å². The number of benzene rings is 4. The Hall–Kier alpha value is -3.69. The SMILES string of the molecule is Clc1ccc(-c2nc3ccccc3nc2-c2cccc3oc4ccccc4c23)cc1. The molecule has 6 rings (SSSR count). The highest BCUT2D eigenvalue weighted by atomic mass is 35.5. The predicted molar refractivity (Wildman–Crippen MR) is 123 cm³/mol. The van der Waals surface area contributed by atoms with Crippen LogP contribution in [0.2, 0.25) is 5.02 Å². The molecular formula is C26H15ClN2O. The van der Waals surface area contributed by atoms with Crippen molar-refractivity contribution < 1.29 is 4.42 Å². The Kier molecular flexibility index (Phi) is 3.83. The summed E-state index contributed by atoms with van der Waals surface area (Å²) in [6, 6.07) is 29.8. The van der Waals surface area contributed by atoms with Crippen LogP contribution in [0.1, 0.15) is 0 Å². The Morgan fingerprint density at radius 1 is 0.600 bits per heavy atom. The Balaban J connectivity index is 1.74. The lowest BCUT2D eigenvalue weighted by Crippen LogP contribution is -1.95. The lowest BCUT2D eigenvalue weighted by atomic mass is 9.99. The van der Waals surface area contributed by atoms with Gasteiger partial charge in [0.05, 0.1) is 22.4 Å². The third kappa shape index (κ3) is 2.67. The molecule has 3 nitrogen and oxygen atoms in total. The highest BCUT2D eigenvalue weighted by Crippen LogP contribution is 2.39. The average Bonchev–Trinajstić information content (AvgIpc) is 3.18. The van der Waals surface area contributed by atoms with Crippen molar-refractivity contribution in [1.29, 1.82) is 0 Å². The first-order chi connectivity index (χ1) is 14.8. The zero-order chi connectivity index (χ0) is 20.1. The molecule has 0 aliphatic rings. The molecule has 0 unspecified atom stereocenters. The van der Waals surface area contributed by atoms with Gasteiger partial charge in [0.2, 0.25) is 0 Å². The Morgan fingerprint density at radius 2 is 1.27 bits per heavy atom. The second kappa shape index (κ2) is 6.68. The van der Waals surface area contributed by atoms with Crippen molar-refractivity contribution in [2.45, 2.75) is 0 Å². The zero-order valence-corrected chi connectivity index (χ0v) is 16.6. The van der Waals surface area contributed by atoms with E-state index in [1.54, 1.807) is 0 Å². The molecule has 0 N–H and O–H groups in total. The number of fused-ring (bicyclic) bond motifs is 4. The smallest absolute Gasteiger partial charge is 0.136 e. The molecule has 4 aromatic carbocycles. The summed E-state index contributed by atoms with van der Waals surface area (Å²) in [4.78, 5) is 10.0. The second-order valence-electron chi connectivity index (χ2n) is 7.19. The maximum absolute atomic E-state index is 6.13. The zero-order valence-electron chi connectivity index (χ0n) is 15.8. The summed E-state index contributed by atoms with van der Waals surface area (Å²) in [5.41, 5.74) is 7.03. The molecule has 0 amide bonds. The third-order valence-electron chi connectivity index (χ3n) is 5.35. The summed E-state index contributed by atoms with van der Waals surface area (Å²) >= 11 is 6.13. The predicted octanol–water partition coefficient (Wildman–Crippen LogP) is 7.52. The van der Waals surface area contributed by atoms with Gasteiger partial charge in [-0.3, -0.25) is 0 Å². The van der Waals surface area contributed by atoms with Crippen LogP contribution in [0.15, 0.2) is 95.4 Å². The van der Waals surface area contributed by atoms with Crippen molar-refractivity contribution in [1.82, 2.24) is 9.97 Å². The number of halogens is 1. The van der Waals surface area contributed by atoms with Gasteiger partial charge in [0, 0.05) is 26.9 Å². The second-order valence-corrected chi connectivity index (χ2v) is 7.63. The first-order valence-corrected chi connectivity index (χ1v) is 10.1. The monoisotopic (exact) mass is 406 g/mol. The maximum atomic E-state index is 6.13. The summed E-state index contributed by atoms with van der Waals surface area (Å²) in [5.74, 6) is 0. The van der Waals surface area contributed by atoms with Crippen LogP contribution in [-0.2, 0) is 0 Å². The molecule has 2 aromatic heterocycles. The van der Waals surface area contributed by atoms with Gasteiger partial charge >= 0.3 is 0 Å². The van der Waals surface area contributed by atoms with E-state index in [2.05, 4.69) is 12.1 Å². The van der Waals surface area contributed by atoms with Crippen LogP contribution >= 0.6 is 11.6 Å². The maximum Gasteiger partial charge on any atom is 0.136 e. The molecule has 142 valence electrons. The lowest BCUT2D eigenvalue weighted by Gasteiger charge is -2.11. The molecule has 2 heterocycles. The van der Waals surface area contributed by atoms with Crippen molar-refractivity contribution >= 4 is 44.6 Å². The largest absolute Gasteiger partial charge is 0.456 e. The van der Waals surface area contributed by atoms with Crippen molar-refractivity contribution in [3.05, 3.63) is 96.0 Å². The van der Waals surface area contributed by atoms with E-state index in [1.165, 1.54) is 0 Å². The van der Waals surface area contributed by atoms with Crippen LogP contribution in [0.25, 0.3) is 55.5 Å². The van der Waals surface area contributed by atoms with Gasteiger partial charge in [0.25, 0.3) is 0 Å². The Labute approximate surface area is 177 Å². The van der Waals surface area contributed by atoms with Gasteiger partial charge < -0.3 is 4.42 Å². The highest BCUT2D eigenvalue weighted by molar-refractivity contribution is 6.30. The van der Waals surface area contributed by atoms with E-state index in [4.69, 9.17) is 26.0 Å². The number of hydrogen-bond acceptors (Lipinski definition) is 3. The minimum absolute atomic E-state index is 0.692. The number of aromatic nitrogens is 2. The number of para-hydroxylation sites is 3. The van der Waals surface area contributed by atoms with Gasteiger partial charge in [0.15, 0.2) is 0 Å². The number of nitrogens with zero attached hydrogens (tertiary/aromatic N) is 2. The summed E-state index contributed by atoms with van der Waals surface area (Å²) < 4.78 is 6.10. The van der Waals surface area contributed by atoms with Gasteiger partial charge in [0.1, 0.15) is 11.2 Å². The fourth-order valence-corrected chi connectivity index (χ4v) is 4.09. The van der Waals surface area contributed by atoms with E-state index < -0.39 is 0 Å². The first-order valence-electron chi connectivity index (χ1n) is 9.71. The summed E-state index contributed by atoms with van der Waals surface area (Å²) in [6.45, 7) is 0.